The molecule has 10 nitrogen and oxygen atoms in total. The van der Waals surface area contributed by atoms with E-state index in [-0.39, 0.29) is 25.0 Å². The molecule has 0 unspecified atom stereocenters. The summed E-state index contributed by atoms with van der Waals surface area (Å²) in [5, 5.41) is 20.2. The van der Waals surface area contributed by atoms with Crippen LogP contribution in [0.5, 0.6) is 17.2 Å². The molecule has 0 aliphatic carbocycles. The summed E-state index contributed by atoms with van der Waals surface area (Å²) >= 11 is 6.29. The van der Waals surface area contributed by atoms with Crippen LogP contribution in [0.2, 0.25) is 5.02 Å². The molecule has 0 radical (unpaired) electrons. The van der Waals surface area contributed by atoms with Gasteiger partial charge in [-0.15, -0.1) is 0 Å². The van der Waals surface area contributed by atoms with Crippen LogP contribution >= 0.6 is 11.6 Å². The number of carbonyl (C=O) groups is 2. The summed E-state index contributed by atoms with van der Waals surface area (Å²) in [6, 6.07) is 12.4. The van der Waals surface area contributed by atoms with Gasteiger partial charge in [0.2, 0.25) is 5.91 Å². The number of hydrogen-bond donors (Lipinski definition) is 4. The highest BCUT2D eigenvalue weighted by Gasteiger charge is 2.15. The van der Waals surface area contributed by atoms with E-state index in [1.165, 1.54) is 0 Å². The molecule has 2 amide bonds. The first kappa shape index (κ1) is 29.2. The molecule has 1 aliphatic rings. The molecule has 0 aromatic heterocycles. The average molecular weight is 547 g/mol. The highest BCUT2D eigenvalue weighted by Crippen LogP contribution is 2.26. The van der Waals surface area contributed by atoms with Gasteiger partial charge < -0.3 is 30.0 Å². The van der Waals surface area contributed by atoms with Gasteiger partial charge in [0, 0.05) is 25.9 Å². The molecule has 2 aromatic carbocycles. The summed E-state index contributed by atoms with van der Waals surface area (Å²) in [6.07, 6.45) is 1.99. The molecule has 206 valence electrons. The van der Waals surface area contributed by atoms with Crippen molar-refractivity contribution in [2.45, 2.75) is 38.7 Å². The van der Waals surface area contributed by atoms with E-state index in [0.717, 1.165) is 24.2 Å². The lowest BCUT2D eigenvalue weighted by atomic mass is 10.0. The topological polar surface area (TPSA) is 131 Å². The average Bonchev–Trinajstić information content (AvgIpc) is 2.92. The molecule has 1 atom stereocenters. The van der Waals surface area contributed by atoms with Gasteiger partial charge in [-0.05, 0) is 67.4 Å². The maximum Gasteiger partial charge on any atom is 0.257 e. The number of hydrogen-bond acceptors (Lipinski definition) is 8. The van der Waals surface area contributed by atoms with Crippen LogP contribution < -0.4 is 30.3 Å². The van der Waals surface area contributed by atoms with Gasteiger partial charge in [0.05, 0.1) is 17.3 Å². The zero-order chi connectivity index (χ0) is 27.2. The van der Waals surface area contributed by atoms with Crippen LogP contribution in [-0.4, -0.2) is 68.2 Å². The summed E-state index contributed by atoms with van der Waals surface area (Å²) in [4.78, 5) is 23.4. The molecular formula is C27H35ClN4O6. The van der Waals surface area contributed by atoms with Crippen molar-refractivity contribution in [2.75, 3.05) is 39.5 Å². The largest absolute Gasteiger partial charge is 0.494 e. The van der Waals surface area contributed by atoms with E-state index in [9.17, 15) is 14.7 Å². The minimum absolute atomic E-state index is 0.110. The molecule has 1 heterocycles. The number of nitrogens with zero attached hydrogens (tertiary/aromatic N) is 1. The van der Waals surface area contributed by atoms with E-state index in [1.54, 1.807) is 42.5 Å². The van der Waals surface area contributed by atoms with Crippen LogP contribution in [0, 0.1) is 0 Å². The number of nitrogens with one attached hydrogen (secondary N) is 3. The third kappa shape index (κ3) is 10.2. The number of amides is 2. The molecule has 38 heavy (non-hydrogen) atoms. The number of aliphatic hydroxyl groups excluding tert-OH is 1. The standard InChI is InChI=1S/C27H35ClN4O6/c1-2-12-29-16-20(33)17-37-22-7-5-21(6-8-22)36-14-3-13-30-27(35)18-38-25-10-4-19(15-23(25)28)24-9-11-26(34)32-31-24/h4-8,10,15,20,29,33H,2-3,9,11-14,16-18H2,1H3,(H,30,35)(H,32,34)/t20-/m1/s1. The maximum atomic E-state index is 12.1. The van der Waals surface area contributed by atoms with Crippen molar-refractivity contribution in [3.63, 3.8) is 0 Å². The first-order chi connectivity index (χ1) is 18.4. The molecule has 2 aromatic rings. The lowest BCUT2D eigenvalue weighted by molar-refractivity contribution is -0.123. The normalized spacial score (nSPS) is 13.8. The van der Waals surface area contributed by atoms with Crippen LogP contribution in [0.25, 0.3) is 0 Å². The summed E-state index contributed by atoms with van der Waals surface area (Å²) in [5.74, 6) is 1.37. The second-order valence-corrected chi connectivity index (χ2v) is 9.13. The molecule has 0 saturated heterocycles. The fourth-order valence-corrected chi connectivity index (χ4v) is 3.73. The Morgan fingerprint density at radius 3 is 2.55 bits per heavy atom. The van der Waals surface area contributed by atoms with Gasteiger partial charge in [-0.1, -0.05) is 18.5 Å². The number of benzene rings is 2. The van der Waals surface area contributed by atoms with E-state index in [1.807, 2.05) is 0 Å². The van der Waals surface area contributed by atoms with Crippen LogP contribution in [0.1, 0.15) is 38.2 Å². The maximum absolute atomic E-state index is 12.1. The first-order valence-electron chi connectivity index (χ1n) is 12.7. The fourth-order valence-electron chi connectivity index (χ4n) is 3.49. The molecule has 0 bridgehead atoms. The van der Waals surface area contributed by atoms with Gasteiger partial charge in [-0.2, -0.15) is 5.10 Å². The van der Waals surface area contributed by atoms with Crippen LogP contribution in [0.3, 0.4) is 0 Å². The zero-order valence-corrected chi connectivity index (χ0v) is 22.3. The van der Waals surface area contributed by atoms with E-state index >= 15 is 0 Å². The summed E-state index contributed by atoms with van der Waals surface area (Å²) in [5.41, 5.74) is 4.00. The number of rotatable bonds is 16. The number of carbonyl (C=O) groups excluding carboxylic acids is 2. The Balaban J connectivity index is 1.28. The number of ether oxygens (including phenoxy) is 3. The van der Waals surface area contributed by atoms with Crippen LogP contribution in [0.15, 0.2) is 47.6 Å². The monoisotopic (exact) mass is 546 g/mol. The first-order valence-corrected chi connectivity index (χ1v) is 13.1. The van der Waals surface area contributed by atoms with Crippen molar-refractivity contribution in [3.8, 4) is 17.2 Å². The van der Waals surface area contributed by atoms with Gasteiger partial charge in [0.25, 0.3) is 5.91 Å². The number of hydrazone groups is 1. The van der Waals surface area contributed by atoms with E-state index in [0.29, 0.717) is 61.2 Å². The molecule has 1 aliphatic heterocycles. The number of aliphatic hydroxyl groups is 1. The minimum atomic E-state index is -0.566. The second kappa shape index (κ2) is 15.8. The van der Waals surface area contributed by atoms with Crippen molar-refractivity contribution >= 4 is 29.1 Å². The van der Waals surface area contributed by atoms with Crippen molar-refractivity contribution in [3.05, 3.63) is 53.1 Å². The third-order valence-corrected chi connectivity index (χ3v) is 5.81. The van der Waals surface area contributed by atoms with Crippen molar-refractivity contribution in [1.29, 1.82) is 0 Å². The van der Waals surface area contributed by atoms with Gasteiger partial charge in [-0.25, -0.2) is 5.43 Å². The van der Waals surface area contributed by atoms with Crippen molar-refractivity contribution < 1.29 is 28.9 Å². The third-order valence-electron chi connectivity index (χ3n) is 5.51. The molecule has 0 fully saturated rings. The van der Waals surface area contributed by atoms with E-state index < -0.39 is 6.10 Å². The lowest BCUT2D eigenvalue weighted by Gasteiger charge is -2.14. The van der Waals surface area contributed by atoms with Gasteiger partial charge in [0.1, 0.15) is 30.0 Å². The van der Waals surface area contributed by atoms with Crippen molar-refractivity contribution in [2.24, 2.45) is 5.10 Å². The van der Waals surface area contributed by atoms with Crippen LogP contribution in [-0.2, 0) is 9.59 Å². The lowest BCUT2D eigenvalue weighted by Crippen LogP contribution is -2.31. The summed E-state index contributed by atoms with van der Waals surface area (Å²) in [7, 11) is 0. The van der Waals surface area contributed by atoms with Crippen LogP contribution in [0.4, 0.5) is 0 Å². The summed E-state index contributed by atoms with van der Waals surface area (Å²) in [6.45, 7) is 4.36. The Morgan fingerprint density at radius 1 is 1.11 bits per heavy atom. The smallest absolute Gasteiger partial charge is 0.257 e. The Bertz CT molecular complexity index is 1080. The van der Waals surface area contributed by atoms with E-state index in [4.69, 9.17) is 25.8 Å². The Kier molecular flexibility index (Phi) is 12.2. The van der Waals surface area contributed by atoms with Gasteiger partial charge >= 0.3 is 0 Å². The second-order valence-electron chi connectivity index (χ2n) is 8.72. The van der Waals surface area contributed by atoms with Gasteiger partial charge in [-0.3, -0.25) is 9.59 Å². The van der Waals surface area contributed by atoms with Gasteiger partial charge in [0.15, 0.2) is 6.61 Å². The fraction of sp³-hybridized carbons (Fsp3) is 0.444. The van der Waals surface area contributed by atoms with Crippen molar-refractivity contribution in [1.82, 2.24) is 16.1 Å². The molecule has 0 spiro atoms. The number of halogens is 1. The molecular weight excluding hydrogens is 512 g/mol. The Hall–Kier alpha value is -3.34. The predicted octanol–water partition coefficient (Wildman–Crippen LogP) is 2.66. The molecule has 3 rings (SSSR count). The highest BCUT2D eigenvalue weighted by atomic mass is 35.5. The molecule has 4 N–H and O–H groups in total. The predicted molar refractivity (Wildman–Crippen MR) is 145 cm³/mol. The quantitative estimate of drug-likeness (QED) is 0.238. The SMILES string of the molecule is CCCNC[C@@H](O)COc1ccc(OCCCNC(=O)COc2ccc(C3=NNC(=O)CC3)cc2Cl)cc1. The Labute approximate surface area is 227 Å². The highest BCUT2D eigenvalue weighted by molar-refractivity contribution is 6.32. The van der Waals surface area contributed by atoms with E-state index in [2.05, 4.69) is 28.1 Å². The summed E-state index contributed by atoms with van der Waals surface area (Å²) < 4.78 is 16.8. The minimum Gasteiger partial charge on any atom is -0.494 e. The zero-order valence-electron chi connectivity index (χ0n) is 21.5. The molecule has 0 saturated carbocycles. The molecule has 11 heteroatoms. The Morgan fingerprint density at radius 2 is 1.87 bits per heavy atom.